The van der Waals surface area contributed by atoms with Gasteiger partial charge in [0.2, 0.25) is 5.88 Å². The van der Waals surface area contributed by atoms with Gasteiger partial charge >= 0.3 is 0 Å². The average molecular weight is 404 g/mol. The maximum atomic E-state index is 5.62. The number of aromatic nitrogens is 1. The summed E-state index contributed by atoms with van der Waals surface area (Å²) in [5, 5.41) is 6.49. The predicted octanol–water partition coefficient (Wildman–Crippen LogP) is 2.56. The fourth-order valence-corrected chi connectivity index (χ4v) is 1.74. The molecule has 2 N–H and O–H groups in total. The SMILES string of the molecule is CCCNC(=NC)NCc1ccc(OCC2CC2)nc1.I. The van der Waals surface area contributed by atoms with Crippen molar-refractivity contribution < 1.29 is 4.74 Å². The summed E-state index contributed by atoms with van der Waals surface area (Å²) >= 11 is 0. The quantitative estimate of drug-likeness (QED) is 0.417. The van der Waals surface area contributed by atoms with Gasteiger partial charge in [-0.25, -0.2) is 4.98 Å². The summed E-state index contributed by atoms with van der Waals surface area (Å²) in [6, 6.07) is 3.97. The zero-order chi connectivity index (χ0) is 14.2. The Labute approximate surface area is 144 Å². The molecule has 0 aliphatic heterocycles. The highest BCUT2D eigenvalue weighted by Gasteiger charge is 2.21. The largest absolute Gasteiger partial charge is 0.477 e. The monoisotopic (exact) mass is 404 g/mol. The van der Waals surface area contributed by atoms with Crippen molar-refractivity contribution in [3.63, 3.8) is 0 Å². The van der Waals surface area contributed by atoms with Gasteiger partial charge in [0.05, 0.1) is 6.61 Å². The number of pyridine rings is 1. The third-order valence-corrected chi connectivity index (χ3v) is 3.19. The second-order valence-corrected chi connectivity index (χ2v) is 5.11. The van der Waals surface area contributed by atoms with Crippen molar-refractivity contribution in [2.75, 3.05) is 20.2 Å². The molecule has 21 heavy (non-hydrogen) atoms. The Balaban J connectivity index is 0.00000220. The van der Waals surface area contributed by atoms with Crippen LogP contribution in [0.1, 0.15) is 31.7 Å². The first kappa shape index (κ1) is 18.0. The van der Waals surface area contributed by atoms with E-state index in [4.69, 9.17) is 4.74 Å². The molecular formula is C15H25IN4O. The zero-order valence-corrected chi connectivity index (χ0v) is 15.1. The minimum absolute atomic E-state index is 0. The molecule has 0 unspecified atom stereocenters. The molecule has 1 aromatic rings. The van der Waals surface area contributed by atoms with E-state index in [2.05, 4.69) is 27.5 Å². The van der Waals surface area contributed by atoms with E-state index in [1.165, 1.54) is 12.8 Å². The molecule has 1 aliphatic carbocycles. The number of ether oxygens (including phenoxy) is 1. The summed E-state index contributed by atoms with van der Waals surface area (Å²) in [4.78, 5) is 8.49. The van der Waals surface area contributed by atoms with Gasteiger partial charge in [0.15, 0.2) is 5.96 Å². The van der Waals surface area contributed by atoms with Crippen molar-refractivity contribution in [3.05, 3.63) is 23.9 Å². The van der Waals surface area contributed by atoms with Gasteiger partial charge in [-0.1, -0.05) is 13.0 Å². The third kappa shape index (κ3) is 6.97. The number of hydrogen-bond donors (Lipinski definition) is 2. The lowest BCUT2D eigenvalue weighted by Crippen LogP contribution is -2.37. The number of nitrogens with one attached hydrogen (secondary N) is 2. The van der Waals surface area contributed by atoms with E-state index in [1.54, 1.807) is 7.05 Å². The van der Waals surface area contributed by atoms with Crippen LogP contribution in [0.4, 0.5) is 0 Å². The maximum Gasteiger partial charge on any atom is 0.213 e. The van der Waals surface area contributed by atoms with Crippen molar-refractivity contribution >= 4 is 29.9 Å². The molecule has 1 fully saturated rings. The van der Waals surface area contributed by atoms with Crippen LogP contribution in [0.5, 0.6) is 5.88 Å². The van der Waals surface area contributed by atoms with Crippen LogP contribution in [-0.2, 0) is 6.54 Å². The number of nitrogens with zero attached hydrogens (tertiary/aromatic N) is 2. The molecule has 1 heterocycles. The van der Waals surface area contributed by atoms with Gasteiger partial charge < -0.3 is 15.4 Å². The molecule has 1 aliphatic rings. The maximum absolute atomic E-state index is 5.62. The molecule has 5 nitrogen and oxygen atoms in total. The standard InChI is InChI=1S/C15H24N4O.HI/c1-3-8-17-15(16-2)19-10-13-6-7-14(18-9-13)20-11-12-4-5-12;/h6-7,9,12H,3-5,8,10-11H2,1-2H3,(H2,16,17,19);1H. The Morgan fingerprint density at radius 3 is 2.76 bits per heavy atom. The predicted molar refractivity (Wildman–Crippen MR) is 96.4 cm³/mol. The molecule has 118 valence electrons. The smallest absolute Gasteiger partial charge is 0.213 e. The normalized spacial score (nSPS) is 14.3. The number of halogens is 1. The minimum atomic E-state index is 0. The Hall–Kier alpha value is -1.05. The highest BCUT2D eigenvalue weighted by molar-refractivity contribution is 14.0. The lowest BCUT2D eigenvalue weighted by Gasteiger charge is -2.11. The van der Waals surface area contributed by atoms with Crippen LogP contribution < -0.4 is 15.4 Å². The second-order valence-electron chi connectivity index (χ2n) is 5.11. The van der Waals surface area contributed by atoms with E-state index in [1.807, 2.05) is 18.3 Å². The molecule has 0 radical (unpaired) electrons. The van der Waals surface area contributed by atoms with Crippen LogP contribution in [-0.4, -0.2) is 31.1 Å². The van der Waals surface area contributed by atoms with E-state index >= 15 is 0 Å². The van der Waals surface area contributed by atoms with Crippen LogP contribution in [0.2, 0.25) is 0 Å². The fraction of sp³-hybridized carbons (Fsp3) is 0.600. The van der Waals surface area contributed by atoms with Gasteiger partial charge in [0.25, 0.3) is 0 Å². The van der Waals surface area contributed by atoms with Crippen LogP contribution in [0.25, 0.3) is 0 Å². The van der Waals surface area contributed by atoms with Crippen molar-refractivity contribution in [1.29, 1.82) is 0 Å². The summed E-state index contributed by atoms with van der Waals surface area (Å²) in [7, 11) is 1.78. The topological polar surface area (TPSA) is 58.5 Å². The highest BCUT2D eigenvalue weighted by atomic mass is 127. The second kappa shape index (κ2) is 9.81. The summed E-state index contributed by atoms with van der Waals surface area (Å²) in [6.45, 7) is 4.56. The van der Waals surface area contributed by atoms with Gasteiger partial charge in [0.1, 0.15) is 0 Å². The van der Waals surface area contributed by atoms with E-state index in [-0.39, 0.29) is 24.0 Å². The fourth-order valence-electron chi connectivity index (χ4n) is 1.74. The summed E-state index contributed by atoms with van der Waals surface area (Å²) < 4.78 is 5.62. The third-order valence-electron chi connectivity index (χ3n) is 3.19. The van der Waals surface area contributed by atoms with Gasteiger partial charge in [-0.2, -0.15) is 0 Å². The summed E-state index contributed by atoms with van der Waals surface area (Å²) in [5.74, 6) is 2.29. The van der Waals surface area contributed by atoms with Crippen molar-refractivity contribution in [3.8, 4) is 5.88 Å². The molecule has 0 bridgehead atoms. The molecular weight excluding hydrogens is 379 g/mol. The van der Waals surface area contributed by atoms with E-state index in [0.29, 0.717) is 12.4 Å². The Morgan fingerprint density at radius 2 is 2.19 bits per heavy atom. The highest BCUT2D eigenvalue weighted by Crippen LogP contribution is 2.29. The molecule has 1 saturated carbocycles. The lowest BCUT2D eigenvalue weighted by atomic mass is 10.3. The Bertz CT molecular complexity index is 432. The molecule has 2 rings (SSSR count). The van der Waals surface area contributed by atoms with Gasteiger partial charge in [-0.05, 0) is 30.7 Å². The van der Waals surface area contributed by atoms with E-state index in [9.17, 15) is 0 Å². The van der Waals surface area contributed by atoms with E-state index in [0.717, 1.165) is 37.0 Å². The molecule has 0 amide bonds. The Kier molecular flexibility index (Phi) is 8.41. The number of aliphatic imine (C=N–C) groups is 1. The number of hydrogen-bond acceptors (Lipinski definition) is 3. The van der Waals surface area contributed by atoms with Gasteiger partial charge in [-0.15, -0.1) is 24.0 Å². The van der Waals surface area contributed by atoms with Gasteiger partial charge in [-0.3, -0.25) is 4.99 Å². The molecule has 0 atom stereocenters. The summed E-state index contributed by atoms with van der Waals surface area (Å²) in [5.41, 5.74) is 1.11. The lowest BCUT2D eigenvalue weighted by molar-refractivity contribution is 0.288. The van der Waals surface area contributed by atoms with Crippen LogP contribution in [0, 0.1) is 5.92 Å². The number of guanidine groups is 1. The van der Waals surface area contributed by atoms with Crippen LogP contribution in [0.15, 0.2) is 23.3 Å². The van der Waals surface area contributed by atoms with Crippen molar-refractivity contribution in [2.24, 2.45) is 10.9 Å². The molecule has 0 spiro atoms. The first-order valence-electron chi connectivity index (χ1n) is 7.34. The van der Waals surface area contributed by atoms with Gasteiger partial charge in [0, 0.05) is 32.4 Å². The zero-order valence-electron chi connectivity index (χ0n) is 12.8. The Morgan fingerprint density at radius 1 is 1.38 bits per heavy atom. The first-order chi connectivity index (χ1) is 9.81. The van der Waals surface area contributed by atoms with Crippen LogP contribution in [0.3, 0.4) is 0 Å². The van der Waals surface area contributed by atoms with Crippen molar-refractivity contribution in [1.82, 2.24) is 15.6 Å². The van der Waals surface area contributed by atoms with Crippen molar-refractivity contribution in [2.45, 2.75) is 32.7 Å². The average Bonchev–Trinajstić information content (AvgIpc) is 3.31. The molecule has 6 heteroatoms. The summed E-state index contributed by atoms with van der Waals surface area (Å²) in [6.07, 6.45) is 5.52. The number of rotatable bonds is 7. The molecule has 0 saturated heterocycles. The van der Waals surface area contributed by atoms with E-state index < -0.39 is 0 Å². The molecule has 1 aromatic heterocycles. The minimum Gasteiger partial charge on any atom is -0.477 e. The van der Waals surface area contributed by atoms with Crippen LogP contribution >= 0.6 is 24.0 Å². The molecule has 0 aromatic carbocycles. The first-order valence-corrected chi connectivity index (χ1v) is 7.34.